The van der Waals surface area contributed by atoms with Gasteiger partial charge in [0.25, 0.3) is 5.56 Å². The molecule has 0 bridgehead atoms. The minimum Gasteiger partial charge on any atom is -0.490 e. The number of hydrogen-bond donors (Lipinski definition) is 0. The normalized spacial score (nSPS) is 15.4. The number of aromatic nitrogens is 1. The highest BCUT2D eigenvalue weighted by Gasteiger charge is 2.32. The molecular formula is C27H27BrN2O5S. The van der Waals surface area contributed by atoms with E-state index in [-0.39, 0.29) is 5.56 Å². The maximum absolute atomic E-state index is 13.7. The van der Waals surface area contributed by atoms with Gasteiger partial charge in [-0.1, -0.05) is 48.6 Å². The third-order valence-electron chi connectivity index (χ3n) is 5.62. The van der Waals surface area contributed by atoms with Crippen molar-refractivity contribution in [3.63, 3.8) is 0 Å². The molecule has 36 heavy (non-hydrogen) atoms. The molecule has 1 aliphatic heterocycles. The molecule has 1 atom stereocenters. The van der Waals surface area contributed by atoms with Crippen LogP contribution in [0, 0.1) is 0 Å². The molecule has 0 fully saturated rings. The van der Waals surface area contributed by atoms with E-state index < -0.39 is 12.0 Å². The molecule has 2 heterocycles. The van der Waals surface area contributed by atoms with Gasteiger partial charge in [-0.2, -0.15) is 0 Å². The Morgan fingerprint density at radius 1 is 1.19 bits per heavy atom. The Morgan fingerprint density at radius 2 is 1.94 bits per heavy atom. The SMILES string of the molecule is CCCOc1c(Br)cc(C=c2sc3n(c2=O)C(c2ccccc2)C(C(=O)OC)=C(C)N=3)cc1OCC. The summed E-state index contributed by atoms with van der Waals surface area (Å²) in [5, 5.41) is 0. The van der Waals surface area contributed by atoms with E-state index in [0.717, 1.165) is 22.0 Å². The maximum atomic E-state index is 13.7. The average Bonchev–Trinajstić information content (AvgIpc) is 3.17. The fraction of sp³-hybridized carbons (Fsp3) is 0.296. The minimum absolute atomic E-state index is 0.234. The largest absolute Gasteiger partial charge is 0.490 e. The molecule has 2 aromatic carbocycles. The number of methoxy groups -OCH3 is 1. The van der Waals surface area contributed by atoms with Crippen LogP contribution in [0.25, 0.3) is 6.08 Å². The Balaban J connectivity index is 1.89. The Labute approximate surface area is 221 Å². The minimum atomic E-state index is -0.632. The molecule has 1 aliphatic rings. The number of nitrogens with zero attached hydrogens (tertiary/aromatic N) is 2. The summed E-state index contributed by atoms with van der Waals surface area (Å²) in [6.07, 6.45) is 2.68. The number of thiazole rings is 1. The Hall–Kier alpha value is -3.17. The summed E-state index contributed by atoms with van der Waals surface area (Å²) in [5.74, 6) is 0.734. The van der Waals surface area contributed by atoms with E-state index in [9.17, 15) is 9.59 Å². The first-order chi connectivity index (χ1) is 17.4. The fourth-order valence-electron chi connectivity index (χ4n) is 4.07. The van der Waals surface area contributed by atoms with Crippen LogP contribution in [-0.2, 0) is 9.53 Å². The van der Waals surface area contributed by atoms with Crippen molar-refractivity contribution in [1.82, 2.24) is 4.57 Å². The van der Waals surface area contributed by atoms with Crippen molar-refractivity contribution < 1.29 is 19.0 Å². The zero-order chi connectivity index (χ0) is 25.8. The number of fused-ring (bicyclic) bond motifs is 1. The van der Waals surface area contributed by atoms with E-state index in [1.807, 2.05) is 56.3 Å². The molecule has 7 nitrogen and oxygen atoms in total. The van der Waals surface area contributed by atoms with Gasteiger partial charge in [0.2, 0.25) is 0 Å². The molecule has 4 rings (SSSR count). The lowest BCUT2D eigenvalue weighted by Gasteiger charge is -2.24. The predicted octanol–water partition coefficient (Wildman–Crippen LogP) is 4.36. The highest BCUT2D eigenvalue weighted by molar-refractivity contribution is 9.10. The van der Waals surface area contributed by atoms with E-state index in [1.165, 1.54) is 18.4 Å². The van der Waals surface area contributed by atoms with Crippen molar-refractivity contribution >= 4 is 39.3 Å². The lowest BCUT2D eigenvalue weighted by atomic mass is 9.96. The summed E-state index contributed by atoms with van der Waals surface area (Å²) in [7, 11) is 1.33. The van der Waals surface area contributed by atoms with Crippen LogP contribution in [-0.4, -0.2) is 30.9 Å². The van der Waals surface area contributed by atoms with Gasteiger partial charge in [-0.05, 0) is 65.5 Å². The Kier molecular flexibility index (Phi) is 8.11. The molecule has 0 N–H and O–H groups in total. The van der Waals surface area contributed by atoms with Crippen LogP contribution in [0.1, 0.15) is 44.4 Å². The van der Waals surface area contributed by atoms with Crippen LogP contribution in [0.5, 0.6) is 11.5 Å². The molecule has 188 valence electrons. The highest BCUT2D eigenvalue weighted by atomic mass is 79.9. The second kappa shape index (κ2) is 11.3. The van der Waals surface area contributed by atoms with Gasteiger partial charge in [0, 0.05) is 0 Å². The molecule has 1 aromatic heterocycles. The summed E-state index contributed by atoms with van der Waals surface area (Å²) in [5.41, 5.74) is 2.23. The number of esters is 1. The quantitative estimate of drug-likeness (QED) is 0.376. The van der Waals surface area contributed by atoms with Crippen LogP contribution in [0.3, 0.4) is 0 Å². The molecule has 0 amide bonds. The molecule has 0 radical (unpaired) electrons. The van der Waals surface area contributed by atoms with Gasteiger partial charge < -0.3 is 14.2 Å². The molecule has 0 saturated heterocycles. The van der Waals surface area contributed by atoms with Crippen molar-refractivity contribution in [1.29, 1.82) is 0 Å². The lowest BCUT2D eigenvalue weighted by molar-refractivity contribution is -0.136. The van der Waals surface area contributed by atoms with E-state index in [1.54, 1.807) is 17.6 Å². The van der Waals surface area contributed by atoms with Crippen molar-refractivity contribution in [3.8, 4) is 11.5 Å². The predicted molar refractivity (Wildman–Crippen MR) is 143 cm³/mol. The first-order valence-electron chi connectivity index (χ1n) is 11.6. The summed E-state index contributed by atoms with van der Waals surface area (Å²) in [6.45, 7) is 6.76. The Morgan fingerprint density at radius 3 is 2.61 bits per heavy atom. The van der Waals surface area contributed by atoms with Crippen molar-refractivity contribution in [2.75, 3.05) is 20.3 Å². The van der Waals surface area contributed by atoms with E-state index in [0.29, 0.717) is 45.3 Å². The maximum Gasteiger partial charge on any atom is 0.338 e. The first kappa shape index (κ1) is 25.9. The molecule has 1 unspecified atom stereocenters. The van der Waals surface area contributed by atoms with Crippen LogP contribution in [0.2, 0.25) is 0 Å². The zero-order valence-electron chi connectivity index (χ0n) is 20.5. The standard InChI is InChI=1S/C27H27BrN2O5S/c1-5-12-35-24-19(28)13-17(14-20(24)34-6-2)15-21-25(31)30-23(18-10-8-7-9-11-18)22(26(32)33-4)16(3)29-27(30)36-21/h7-11,13-15,23H,5-6,12H2,1-4H3. The number of carbonyl (C=O) groups excluding carboxylic acids is 1. The average molecular weight is 571 g/mol. The summed E-state index contributed by atoms with van der Waals surface area (Å²) in [6, 6.07) is 12.6. The number of allylic oxidation sites excluding steroid dienone is 1. The third-order valence-corrected chi connectivity index (χ3v) is 7.19. The number of halogens is 1. The van der Waals surface area contributed by atoms with Gasteiger partial charge in [-0.15, -0.1) is 0 Å². The number of benzene rings is 2. The van der Waals surface area contributed by atoms with Gasteiger partial charge in [-0.3, -0.25) is 9.36 Å². The second-order valence-electron chi connectivity index (χ2n) is 8.10. The Bertz CT molecular complexity index is 1490. The fourth-order valence-corrected chi connectivity index (χ4v) is 5.69. The van der Waals surface area contributed by atoms with E-state index >= 15 is 0 Å². The molecular weight excluding hydrogens is 544 g/mol. The summed E-state index contributed by atoms with van der Waals surface area (Å²) < 4.78 is 19.5. The topological polar surface area (TPSA) is 79.1 Å². The van der Waals surface area contributed by atoms with E-state index in [4.69, 9.17) is 14.2 Å². The summed E-state index contributed by atoms with van der Waals surface area (Å²) >= 11 is 4.86. The summed E-state index contributed by atoms with van der Waals surface area (Å²) in [4.78, 5) is 31.6. The molecule has 0 aliphatic carbocycles. The number of rotatable bonds is 8. The monoisotopic (exact) mass is 570 g/mol. The van der Waals surface area contributed by atoms with Crippen molar-refractivity contribution in [2.45, 2.75) is 33.2 Å². The van der Waals surface area contributed by atoms with Gasteiger partial charge in [-0.25, -0.2) is 9.79 Å². The number of ether oxygens (including phenoxy) is 3. The van der Waals surface area contributed by atoms with Gasteiger partial charge in [0.05, 0.1) is 46.6 Å². The second-order valence-corrected chi connectivity index (χ2v) is 9.96. The van der Waals surface area contributed by atoms with Crippen molar-refractivity contribution in [3.05, 3.63) is 89.0 Å². The number of hydrogen-bond acceptors (Lipinski definition) is 7. The van der Waals surface area contributed by atoms with Crippen LogP contribution in [0.15, 0.2) is 68.0 Å². The first-order valence-corrected chi connectivity index (χ1v) is 13.2. The zero-order valence-corrected chi connectivity index (χ0v) is 22.9. The number of carbonyl (C=O) groups is 1. The van der Waals surface area contributed by atoms with Crippen LogP contribution < -0.4 is 24.4 Å². The smallest absolute Gasteiger partial charge is 0.338 e. The van der Waals surface area contributed by atoms with E-state index in [2.05, 4.69) is 20.9 Å². The van der Waals surface area contributed by atoms with Gasteiger partial charge in [0.15, 0.2) is 16.3 Å². The molecule has 0 saturated carbocycles. The van der Waals surface area contributed by atoms with Crippen LogP contribution >= 0.6 is 27.3 Å². The molecule has 0 spiro atoms. The van der Waals surface area contributed by atoms with Gasteiger partial charge >= 0.3 is 5.97 Å². The van der Waals surface area contributed by atoms with Crippen molar-refractivity contribution in [2.24, 2.45) is 4.99 Å². The highest BCUT2D eigenvalue weighted by Crippen LogP contribution is 2.37. The lowest BCUT2D eigenvalue weighted by Crippen LogP contribution is -2.39. The molecule has 3 aromatic rings. The third kappa shape index (κ3) is 5.03. The molecule has 9 heteroatoms. The van der Waals surface area contributed by atoms with Gasteiger partial charge in [0.1, 0.15) is 0 Å². The van der Waals surface area contributed by atoms with Crippen LogP contribution in [0.4, 0.5) is 0 Å².